The van der Waals surface area contributed by atoms with Crippen molar-refractivity contribution in [1.82, 2.24) is 4.72 Å². The molecule has 0 heterocycles. The van der Waals surface area contributed by atoms with E-state index >= 15 is 0 Å². The van der Waals surface area contributed by atoms with Crippen LogP contribution < -0.4 is 4.72 Å². The third-order valence-electron chi connectivity index (χ3n) is 4.02. The number of hydrogen-bond donors (Lipinski definition) is 1. The zero-order valence-corrected chi connectivity index (χ0v) is 14.7. The molecule has 0 bridgehead atoms. The molecule has 1 aliphatic carbocycles. The molecule has 0 amide bonds. The fourth-order valence-corrected chi connectivity index (χ4v) is 4.59. The Morgan fingerprint density at radius 2 is 1.95 bits per heavy atom. The number of nitrogens with one attached hydrogen (secondary N) is 1. The van der Waals surface area contributed by atoms with Gasteiger partial charge < -0.3 is 0 Å². The van der Waals surface area contributed by atoms with Crippen molar-refractivity contribution in [2.75, 3.05) is 12.4 Å². The molecule has 0 saturated heterocycles. The Kier molecular flexibility index (Phi) is 5.68. The highest BCUT2D eigenvalue weighted by molar-refractivity contribution is 9.10. The fourth-order valence-electron chi connectivity index (χ4n) is 2.68. The van der Waals surface area contributed by atoms with Crippen LogP contribution in [0.25, 0.3) is 0 Å². The van der Waals surface area contributed by atoms with Gasteiger partial charge in [-0.1, -0.05) is 35.2 Å². The molecule has 1 aromatic carbocycles. The number of hydrogen-bond acceptors (Lipinski definition) is 2. The lowest BCUT2D eigenvalue weighted by Gasteiger charge is -2.35. The normalized spacial score (nSPS) is 18.6. The van der Waals surface area contributed by atoms with Gasteiger partial charge in [0.1, 0.15) is 10.7 Å². The lowest BCUT2D eigenvalue weighted by molar-refractivity contribution is 0.223. The van der Waals surface area contributed by atoms with Gasteiger partial charge in [-0.05, 0) is 36.5 Å². The first-order valence-electron chi connectivity index (χ1n) is 6.89. The van der Waals surface area contributed by atoms with E-state index in [-0.39, 0.29) is 16.9 Å². The molecule has 0 aromatic heterocycles. The first-order chi connectivity index (χ1) is 9.88. The smallest absolute Gasteiger partial charge is 0.210 e. The molecule has 0 unspecified atom stereocenters. The van der Waals surface area contributed by atoms with E-state index in [2.05, 4.69) is 20.7 Å². The van der Waals surface area contributed by atoms with Gasteiger partial charge in [-0.2, -0.15) is 0 Å². The molecule has 0 radical (unpaired) electrons. The summed E-state index contributed by atoms with van der Waals surface area (Å²) in [7, 11) is -3.86. The monoisotopic (exact) mass is 397 g/mol. The summed E-state index contributed by atoms with van der Waals surface area (Å²) < 4.78 is 41.4. The van der Waals surface area contributed by atoms with E-state index in [1.54, 1.807) is 0 Å². The molecule has 1 N–H and O–H groups in total. The first kappa shape index (κ1) is 17.2. The predicted octanol–water partition coefficient (Wildman–Crippen LogP) is 4.06. The number of benzene rings is 1. The van der Waals surface area contributed by atoms with E-state index in [0.29, 0.717) is 10.4 Å². The minimum absolute atomic E-state index is 0.210. The molecular formula is C14H18BrClFNO2S. The zero-order valence-electron chi connectivity index (χ0n) is 11.5. The van der Waals surface area contributed by atoms with Crippen LogP contribution in [0.2, 0.25) is 0 Å². The summed E-state index contributed by atoms with van der Waals surface area (Å²) in [6.45, 7) is 0.258. The average molecular weight is 399 g/mol. The molecule has 1 aliphatic rings. The Hall–Kier alpha value is -0.170. The van der Waals surface area contributed by atoms with E-state index in [1.807, 2.05) is 0 Å². The van der Waals surface area contributed by atoms with Crippen molar-refractivity contribution in [3.05, 3.63) is 28.5 Å². The van der Waals surface area contributed by atoms with E-state index in [9.17, 15) is 12.8 Å². The second-order valence-electron chi connectivity index (χ2n) is 5.59. The van der Waals surface area contributed by atoms with E-state index in [1.165, 1.54) is 12.1 Å². The molecule has 0 spiro atoms. The van der Waals surface area contributed by atoms with Gasteiger partial charge in [-0.3, -0.25) is 0 Å². The Morgan fingerprint density at radius 3 is 2.52 bits per heavy atom. The maximum Gasteiger partial charge on any atom is 0.243 e. The molecular weight excluding hydrogens is 381 g/mol. The van der Waals surface area contributed by atoms with Gasteiger partial charge in [0.15, 0.2) is 0 Å². The Labute approximate surface area is 138 Å². The van der Waals surface area contributed by atoms with Crippen LogP contribution in [0.4, 0.5) is 4.39 Å². The Bertz CT molecular complexity index is 603. The second kappa shape index (κ2) is 6.94. The minimum atomic E-state index is -3.86. The molecule has 1 fully saturated rings. The number of halogens is 3. The fraction of sp³-hybridized carbons (Fsp3) is 0.571. The number of rotatable bonds is 5. The van der Waals surface area contributed by atoms with Crippen LogP contribution in [0.5, 0.6) is 0 Å². The molecule has 1 aromatic rings. The van der Waals surface area contributed by atoms with Crippen LogP contribution >= 0.6 is 27.5 Å². The summed E-state index contributed by atoms with van der Waals surface area (Å²) in [4.78, 5) is -0.328. The Balaban J connectivity index is 2.13. The highest BCUT2D eigenvalue weighted by Gasteiger charge is 2.33. The SMILES string of the molecule is O=S(=O)(NCC1(CCl)CCCCC1)c1ccc(Br)cc1F. The summed E-state index contributed by atoms with van der Waals surface area (Å²) in [6, 6.07) is 3.91. The maximum atomic E-state index is 13.8. The second-order valence-corrected chi connectivity index (χ2v) is 8.51. The largest absolute Gasteiger partial charge is 0.243 e. The predicted molar refractivity (Wildman–Crippen MR) is 85.5 cm³/mol. The van der Waals surface area contributed by atoms with Crippen molar-refractivity contribution in [2.45, 2.75) is 37.0 Å². The average Bonchev–Trinajstić information content (AvgIpc) is 2.46. The van der Waals surface area contributed by atoms with Gasteiger partial charge in [0, 0.05) is 16.9 Å². The first-order valence-corrected chi connectivity index (χ1v) is 9.70. The van der Waals surface area contributed by atoms with E-state index in [0.717, 1.165) is 38.2 Å². The summed E-state index contributed by atoms with van der Waals surface area (Å²) in [5.74, 6) is -0.348. The molecule has 7 heteroatoms. The molecule has 21 heavy (non-hydrogen) atoms. The molecule has 0 atom stereocenters. The lowest BCUT2D eigenvalue weighted by atomic mass is 9.76. The van der Waals surface area contributed by atoms with E-state index in [4.69, 9.17) is 11.6 Å². The van der Waals surface area contributed by atoms with Crippen molar-refractivity contribution >= 4 is 37.6 Å². The summed E-state index contributed by atoms with van der Waals surface area (Å²) in [5, 5.41) is 0. The molecule has 1 saturated carbocycles. The van der Waals surface area contributed by atoms with Gasteiger partial charge >= 0.3 is 0 Å². The van der Waals surface area contributed by atoms with Crippen LogP contribution in [0.1, 0.15) is 32.1 Å². The summed E-state index contributed by atoms with van der Waals surface area (Å²) in [5.41, 5.74) is -0.210. The van der Waals surface area contributed by atoms with Crippen molar-refractivity contribution in [3.63, 3.8) is 0 Å². The van der Waals surface area contributed by atoms with Crippen LogP contribution in [0.15, 0.2) is 27.6 Å². The van der Waals surface area contributed by atoms with Gasteiger partial charge in [-0.15, -0.1) is 11.6 Å². The zero-order chi connectivity index (χ0) is 15.5. The Morgan fingerprint density at radius 1 is 1.29 bits per heavy atom. The molecule has 2 rings (SSSR count). The van der Waals surface area contributed by atoms with Crippen LogP contribution in [0.3, 0.4) is 0 Å². The van der Waals surface area contributed by atoms with Gasteiger partial charge in [0.25, 0.3) is 0 Å². The summed E-state index contributed by atoms with van der Waals surface area (Å²) >= 11 is 9.16. The summed E-state index contributed by atoms with van der Waals surface area (Å²) in [6.07, 6.45) is 5.08. The number of sulfonamides is 1. The van der Waals surface area contributed by atoms with Gasteiger partial charge in [0.05, 0.1) is 0 Å². The van der Waals surface area contributed by atoms with Crippen molar-refractivity contribution in [2.24, 2.45) is 5.41 Å². The van der Waals surface area contributed by atoms with Crippen LogP contribution in [0, 0.1) is 11.2 Å². The topological polar surface area (TPSA) is 46.2 Å². The van der Waals surface area contributed by atoms with Gasteiger partial charge in [-0.25, -0.2) is 17.5 Å². The molecule has 118 valence electrons. The highest BCUT2D eigenvalue weighted by Crippen LogP contribution is 2.37. The standard InChI is InChI=1S/C14H18BrClFNO2S/c15-11-4-5-13(12(17)8-11)21(19,20)18-10-14(9-16)6-2-1-3-7-14/h4-5,8,18H,1-3,6-7,9-10H2. The van der Waals surface area contributed by atoms with Gasteiger partial charge in [0.2, 0.25) is 10.0 Å². The quantitative estimate of drug-likeness (QED) is 0.760. The highest BCUT2D eigenvalue weighted by atomic mass is 79.9. The molecule has 3 nitrogen and oxygen atoms in total. The van der Waals surface area contributed by atoms with Crippen LogP contribution in [-0.2, 0) is 10.0 Å². The van der Waals surface area contributed by atoms with Crippen molar-refractivity contribution in [3.8, 4) is 0 Å². The minimum Gasteiger partial charge on any atom is -0.210 e. The molecule has 0 aliphatic heterocycles. The van der Waals surface area contributed by atoms with Crippen LogP contribution in [-0.4, -0.2) is 20.8 Å². The van der Waals surface area contributed by atoms with Crippen molar-refractivity contribution in [1.29, 1.82) is 0 Å². The van der Waals surface area contributed by atoms with E-state index < -0.39 is 15.8 Å². The van der Waals surface area contributed by atoms with Crippen molar-refractivity contribution < 1.29 is 12.8 Å². The lowest BCUT2D eigenvalue weighted by Crippen LogP contribution is -2.40. The number of alkyl halides is 1. The third kappa shape index (κ3) is 4.18. The maximum absolute atomic E-state index is 13.8. The third-order valence-corrected chi connectivity index (χ3v) is 6.51.